The normalized spacial score (nSPS) is 21.2. The zero-order valence-corrected chi connectivity index (χ0v) is 28.7. The molecule has 3 aromatic rings. The molecule has 7 nitrogen and oxygen atoms in total. The Bertz CT molecular complexity index is 1610. The first-order valence-electron chi connectivity index (χ1n) is 16.5. The van der Waals surface area contributed by atoms with Gasteiger partial charge in [-0.05, 0) is 103 Å². The molecular weight excluding hydrogens is 654 g/mol. The number of carbonyl (C=O) groups is 1. The van der Waals surface area contributed by atoms with Gasteiger partial charge in [-0.15, -0.1) is 13.2 Å². The average molecular weight is 701 g/mol. The van der Waals surface area contributed by atoms with Gasteiger partial charge >= 0.3 is 18.5 Å². The zero-order chi connectivity index (χ0) is 36.6. The lowest BCUT2D eigenvalue weighted by Crippen LogP contribution is -2.54. The van der Waals surface area contributed by atoms with Gasteiger partial charge in [0.1, 0.15) is 40.5 Å². The first kappa shape index (κ1) is 38.4. The number of furan rings is 1. The molecule has 1 aliphatic rings. The molecule has 1 aliphatic carbocycles. The van der Waals surface area contributed by atoms with Gasteiger partial charge in [-0.25, -0.2) is 0 Å². The van der Waals surface area contributed by atoms with Crippen LogP contribution in [0.25, 0.3) is 22.3 Å². The largest absolute Gasteiger partial charge is 0.573 e. The molecule has 0 aliphatic heterocycles. The fourth-order valence-corrected chi connectivity index (χ4v) is 6.19. The Kier molecular flexibility index (Phi) is 11.0. The molecule has 0 spiro atoms. The summed E-state index contributed by atoms with van der Waals surface area (Å²) in [7, 11) is 0. The summed E-state index contributed by atoms with van der Waals surface area (Å²) >= 11 is 0. The van der Waals surface area contributed by atoms with Crippen molar-refractivity contribution in [2.75, 3.05) is 0 Å². The number of fused-ring (bicyclic) bond motifs is 1. The van der Waals surface area contributed by atoms with Crippen LogP contribution in [0.5, 0.6) is 11.5 Å². The van der Waals surface area contributed by atoms with Crippen LogP contribution in [0.2, 0.25) is 0 Å². The molecule has 4 rings (SSSR count). The number of rotatable bonds is 13. The van der Waals surface area contributed by atoms with Gasteiger partial charge in [-0.2, -0.15) is 13.2 Å². The standard InChI is InChI=1S/C36H46F6N2O5/c1-7-8-9-10-21-11-14-24(27(17-21)49-36(40,41)42)26-18-22-12-13-23(19-25(22)47-26)46-29-15-16-30(34(29,6)35(37,38)39)48-31(45)33(4,5)28(43)20-32(2,3)44/h11-14,17-19,28-30H,7-10,15-16,20,43-44H2,1-6H3. The minimum Gasteiger partial charge on any atom is -0.489 e. The molecule has 0 saturated heterocycles. The maximum atomic E-state index is 14.8. The highest BCUT2D eigenvalue weighted by Gasteiger charge is 2.66. The monoisotopic (exact) mass is 700 g/mol. The molecule has 1 saturated carbocycles. The maximum Gasteiger partial charge on any atom is 0.573 e. The molecule has 1 heterocycles. The predicted molar refractivity (Wildman–Crippen MR) is 174 cm³/mol. The van der Waals surface area contributed by atoms with Crippen molar-refractivity contribution < 1.29 is 49.8 Å². The van der Waals surface area contributed by atoms with Crippen molar-refractivity contribution in [2.24, 2.45) is 22.3 Å². The van der Waals surface area contributed by atoms with E-state index in [4.69, 9.17) is 25.4 Å². The van der Waals surface area contributed by atoms with Crippen LogP contribution in [-0.4, -0.2) is 42.3 Å². The van der Waals surface area contributed by atoms with E-state index < -0.39 is 58.9 Å². The van der Waals surface area contributed by atoms with Gasteiger partial charge in [-0.3, -0.25) is 4.79 Å². The van der Waals surface area contributed by atoms with Crippen LogP contribution in [0.4, 0.5) is 26.3 Å². The SMILES string of the molecule is CCCCCc1ccc(-c2cc3ccc(OC4CCC(OC(=O)C(C)(C)C(N)CC(C)(C)N)C4(C)C(F)(F)F)cc3o2)c(OC(F)(F)F)c1. The van der Waals surface area contributed by atoms with Gasteiger partial charge in [0.15, 0.2) is 0 Å². The quantitative estimate of drug-likeness (QED) is 0.104. The van der Waals surface area contributed by atoms with E-state index in [1.54, 1.807) is 26.0 Å². The number of aryl methyl sites for hydroxylation is 1. The lowest BCUT2D eigenvalue weighted by atomic mass is 9.78. The van der Waals surface area contributed by atoms with Gasteiger partial charge in [0.25, 0.3) is 0 Å². The summed E-state index contributed by atoms with van der Waals surface area (Å²) in [6, 6.07) is 9.69. The summed E-state index contributed by atoms with van der Waals surface area (Å²) in [4.78, 5) is 13.2. The van der Waals surface area contributed by atoms with Crippen LogP contribution in [0, 0.1) is 10.8 Å². The van der Waals surface area contributed by atoms with E-state index in [-0.39, 0.29) is 41.9 Å². The number of carbonyl (C=O) groups excluding carboxylic acids is 1. The summed E-state index contributed by atoms with van der Waals surface area (Å²) in [5, 5.41) is 0.489. The van der Waals surface area contributed by atoms with Gasteiger partial charge in [-0.1, -0.05) is 25.8 Å². The molecule has 4 unspecified atom stereocenters. The van der Waals surface area contributed by atoms with Crippen molar-refractivity contribution >= 4 is 16.9 Å². The van der Waals surface area contributed by atoms with Crippen molar-refractivity contribution in [1.29, 1.82) is 0 Å². The number of ether oxygens (including phenoxy) is 3. The molecule has 13 heteroatoms. The molecule has 272 valence electrons. The summed E-state index contributed by atoms with van der Waals surface area (Å²) < 4.78 is 106. The number of unbranched alkanes of at least 4 members (excludes halogenated alkanes) is 2. The topological polar surface area (TPSA) is 110 Å². The molecule has 0 amide bonds. The second kappa shape index (κ2) is 14.0. The Morgan fingerprint density at radius 2 is 1.65 bits per heavy atom. The molecule has 4 N–H and O–H groups in total. The highest BCUT2D eigenvalue weighted by Crippen LogP contribution is 2.53. The van der Waals surface area contributed by atoms with Gasteiger partial charge in [0.05, 0.1) is 11.0 Å². The summed E-state index contributed by atoms with van der Waals surface area (Å²) in [5.41, 5.74) is 8.65. The minimum absolute atomic E-state index is 0.0476. The maximum absolute atomic E-state index is 14.8. The van der Waals surface area contributed by atoms with Crippen molar-refractivity contribution in [3.63, 3.8) is 0 Å². The first-order valence-corrected chi connectivity index (χ1v) is 16.5. The van der Waals surface area contributed by atoms with E-state index in [9.17, 15) is 31.1 Å². The Labute approximate surface area is 282 Å². The second-order valence-corrected chi connectivity index (χ2v) is 14.5. The van der Waals surface area contributed by atoms with Crippen LogP contribution in [0.1, 0.15) is 85.6 Å². The lowest BCUT2D eigenvalue weighted by Gasteiger charge is -2.40. The smallest absolute Gasteiger partial charge is 0.489 e. The van der Waals surface area contributed by atoms with Crippen molar-refractivity contribution in [1.82, 2.24) is 0 Å². The zero-order valence-electron chi connectivity index (χ0n) is 28.7. The Morgan fingerprint density at radius 1 is 0.980 bits per heavy atom. The number of alkyl halides is 6. The number of hydrogen-bond acceptors (Lipinski definition) is 7. The van der Waals surface area contributed by atoms with Crippen LogP contribution >= 0.6 is 0 Å². The number of halogens is 6. The summed E-state index contributed by atoms with van der Waals surface area (Å²) in [6.45, 7) is 9.51. The molecule has 1 fully saturated rings. The second-order valence-electron chi connectivity index (χ2n) is 14.5. The molecule has 1 aromatic heterocycles. The third-order valence-corrected chi connectivity index (χ3v) is 9.46. The fourth-order valence-electron chi connectivity index (χ4n) is 6.19. The van der Waals surface area contributed by atoms with Crippen LogP contribution < -0.4 is 20.9 Å². The number of esters is 1. The van der Waals surface area contributed by atoms with Crippen molar-refractivity contribution in [3.05, 3.63) is 48.0 Å². The molecule has 0 radical (unpaired) electrons. The Hall–Kier alpha value is -3.45. The van der Waals surface area contributed by atoms with E-state index >= 15 is 0 Å². The Balaban J connectivity index is 1.58. The minimum atomic E-state index is -4.94. The molecule has 4 atom stereocenters. The average Bonchev–Trinajstić information content (AvgIpc) is 3.52. The van der Waals surface area contributed by atoms with E-state index in [0.29, 0.717) is 17.4 Å². The van der Waals surface area contributed by atoms with E-state index in [2.05, 4.69) is 4.74 Å². The van der Waals surface area contributed by atoms with Crippen molar-refractivity contribution in [2.45, 2.75) is 123 Å². The third-order valence-electron chi connectivity index (χ3n) is 9.46. The van der Waals surface area contributed by atoms with Crippen molar-refractivity contribution in [3.8, 4) is 22.8 Å². The number of nitrogens with two attached hydrogens (primary N) is 2. The van der Waals surface area contributed by atoms with E-state index in [0.717, 1.165) is 26.2 Å². The number of benzene rings is 2. The van der Waals surface area contributed by atoms with E-state index in [1.165, 1.54) is 44.2 Å². The van der Waals surface area contributed by atoms with Crippen LogP contribution in [0.3, 0.4) is 0 Å². The molecular formula is C36H46F6N2O5. The molecule has 49 heavy (non-hydrogen) atoms. The highest BCUT2D eigenvalue weighted by molar-refractivity contribution is 5.85. The van der Waals surface area contributed by atoms with Gasteiger partial charge < -0.3 is 30.1 Å². The molecule has 2 aromatic carbocycles. The lowest BCUT2D eigenvalue weighted by molar-refractivity contribution is -0.274. The van der Waals surface area contributed by atoms with Gasteiger partial charge in [0.2, 0.25) is 0 Å². The fraction of sp³-hybridized carbons (Fsp3) is 0.583. The first-order chi connectivity index (χ1) is 22.5. The number of hydrogen-bond donors (Lipinski definition) is 2. The summed E-state index contributed by atoms with van der Waals surface area (Å²) in [6.07, 6.45) is -9.38. The highest BCUT2D eigenvalue weighted by atomic mass is 19.4. The van der Waals surface area contributed by atoms with Crippen LogP contribution in [0.15, 0.2) is 46.9 Å². The molecule has 0 bridgehead atoms. The van der Waals surface area contributed by atoms with E-state index in [1.807, 2.05) is 6.92 Å². The van der Waals surface area contributed by atoms with Crippen LogP contribution in [-0.2, 0) is 16.0 Å². The summed E-state index contributed by atoms with van der Waals surface area (Å²) in [5.74, 6) is -1.15. The van der Waals surface area contributed by atoms with Gasteiger partial charge in [0, 0.05) is 23.0 Å². The Morgan fingerprint density at radius 3 is 2.27 bits per heavy atom. The predicted octanol–water partition coefficient (Wildman–Crippen LogP) is 9.23. The third kappa shape index (κ3) is 8.83.